The van der Waals surface area contributed by atoms with Gasteiger partial charge in [0, 0.05) is 20.6 Å². The monoisotopic (exact) mass is 499 g/mol. The van der Waals surface area contributed by atoms with Gasteiger partial charge in [-0.1, -0.05) is 35.0 Å². The number of carbonyl (C=O) groups is 1. The van der Waals surface area contributed by atoms with E-state index >= 15 is 0 Å². The molecule has 1 amide bonds. The molecule has 0 aliphatic heterocycles. The maximum atomic E-state index is 13.5. The van der Waals surface area contributed by atoms with E-state index in [1.54, 1.807) is 6.92 Å². The average molecular weight is 500 g/mol. The molecule has 0 saturated heterocycles. The van der Waals surface area contributed by atoms with Gasteiger partial charge >= 0.3 is 0 Å². The Kier molecular flexibility index (Phi) is 6.02. The van der Waals surface area contributed by atoms with Gasteiger partial charge in [0.15, 0.2) is 0 Å². The predicted octanol–water partition coefficient (Wildman–Crippen LogP) is 5.79. The van der Waals surface area contributed by atoms with Crippen LogP contribution in [0.25, 0.3) is 21.3 Å². The summed E-state index contributed by atoms with van der Waals surface area (Å²) in [5, 5.41) is 3.24. The molecule has 8 heteroatoms. The van der Waals surface area contributed by atoms with Crippen molar-refractivity contribution in [2.45, 2.75) is 26.3 Å². The summed E-state index contributed by atoms with van der Waals surface area (Å²) in [4.78, 5) is 32.4. The molecule has 158 valence electrons. The van der Waals surface area contributed by atoms with Crippen molar-refractivity contribution >= 4 is 49.1 Å². The zero-order valence-electron chi connectivity index (χ0n) is 16.9. The van der Waals surface area contributed by atoms with Gasteiger partial charge in [-0.3, -0.25) is 14.2 Å². The van der Waals surface area contributed by atoms with Gasteiger partial charge in [0.05, 0.1) is 11.7 Å². The van der Waals surface area contributed by atoms with Gasteiger partial charge in [-0.25, -0.2) is 9.37 Å². The Bertz CT molecular complexity index is 1310. The van der Waals surface area contributed by atoms with Crippen molar-refractivity contribution in [2.75, 3.05) is 5.32 Å². The van der Waals surface area contributed by atoms with E-state index in [9.17, 15) is 14.0 Å². The number of carbonyl (C=O) groups excluding carboxylic acids is 1. The molecular weight excluding hydrogens is 481 g/mol. The van der Waals surface area contributed by atoms with Crippen LogP contribution in [-0.2, 0) is 11.2 Å². The number of aromatic nitrogens is 2. The lowest BCUT2D eigenvalue weighted by atomic mass is 10.0. The fraction of sp³-hybridized carbons (Fsp3) is 0.174. The Morgan fingerprint density at radius 3 is 2.52 bits per heavy atom. The third-order valence-electron chi connectivity index (χ3n) is 5.07. The van der Waals surface area contributed by atoms with Crippen LogP contribution in [0.15, 0.2) is 64.1 Å². The van der Waals surface area contributed by atoms with Crippen LogP contribution < -0.4 is 10.9 Å². The van der Waals surface area contributed by atoms with Crippen LogP contribution in [0.3, 0.4) is 0 Å². The standard InChI is InChI=1S/C23H19BrFN3O2S/c1-3-18-19(14-4-6-15(24)7-5-14)20-22(31-18)26-12-28(23(20)30)13(2)21(29)27-17-10-8-16(25)9-11-17/h4-13H,3H2,1-2H3,(H,27,29). The zero-order valence-corrected chi connectivity index (χ0v) is 19.3. The van der Waals surface area contributed by atoms with E-state index in [0.29, 0.717) is 15.9 Å². The first-order valence-corrected chi connectivity index (χ1v) is 11.3. The lowest BCUT2D eigenvalue weighted by Crippen LogP contribution is -2.31. The van der Waals surface area contributed by atoms with Crippen molar-refractivity contribution in [3.05, 3.63) is 80.4 Å². The SMILES string of the molecule is CCc1sc2ncn(C(C)C(=O)Nc3ccc(F)cc3)c(=O)c2c1-c1ccc(Br)cc1. The van der Waals surface area contributed by atoms with Crippen LogP contribution in [0.5, 0.6) is 0 Å². The normalized spacial score (nSPS) is 12.1. The number of nitrogens with zero attached hydrogens (tertiary/aromatic N) is 2. The number of aryl methyl sites for hydroxylation is 1. The Labute approximate surface area is 190 Å². The fourth-order valence-corrected chi connectivity index (χ4v) is 4.76. The van der Waals surface area contributed by atoms with Gasteiger partial charge in [-0.2, -0.15) is 0 Å². The fourth-order valence-electron chi connectivity index (χ4n) is 3.40. The van der Waals surface area contributed by atoms with E-state index in [4.69, 9.17) is 0 Å². The second-order valence-corrected chi connectivity index (χ2v) is 9.07. The molecule has 0 spiro atoms. The number of halogens is 2. The van der Waals surface area contributed by atoms with Crippen molar-refractivity contribution in [3.63, 3.8) is 0 Å². The highest BCUT2D eigenvalue weighted by molar-refractivity contribution is 9.10. The molecule has 0 radical (unpaired) electrons. The molecule has 1 atom stereocenters. The van der Waals surface area contributed by atoms with Crippen molar-refractivity contribution in [3.8, 4) is 11.1 Å². The first-order chi connectivity index (χ1) is 14.9. The molecule has 1 unspecified atom stereocenters. The predicted molar refractivity (Wildman–Crippen MR) is 126 cm³/mol. The van der Waals surface area contributed by atoms with E-state index in [2.05, 4.69) is 26.2 Å². The molecule has 4 rings (SSSR count). The Morgan fingerprint density at radius 2 is 1.87 bits per heavy atom. The minimum atomic E-state index is -0.794. The number of amides is 1. The van der Waals surface area contributed by atoms with E-state index in [1.165, 1.54) is 46.5 Å². The minimum Gasteiger partial charge on any atom is -0.324 e. The number of rotatable bonds is 5. The van der Waals surface area contributed by atoms with Gasteiger partial charge in [-0.05, 0) is 55.3 Å². The molecule has 0 saturated carbocycles. The first kappa shape index (κ1) is 21.4. The topological polar surface area (TPSA) is 64.0 Å². The van der Waals surface area contributed by atoms with E-state index in [0.717, 1.165) is 26.9 Å². The molecule has 0 aliphatic carbocycles. The molecular formula is C23H19BrFN3O2S. The number of fused-ring (bicyclic) bond motifs is 1. The van der Waals surface area contributed by atoms with Crippen LogP contribution in [-0.4, -0.2) is 15.5 Å². The van der Waals surface area contributed by atoms with Crippen LogP contribution in [0.1, 0.15) is 24.8 Å². The van der Waals surface area contributed by atoms with Crippen LogP contribution >= 0.6 is 27.3 Å². The number of anilines is 1. The third-order valence-corrected chi connectivity index (χ3v) is 6.84. The van der Waals surface area contributed by atoms with Gasteiger partial charge in [0.1, 0.15) is 16.7 Å². The van der Waals surface area contributed by atoms with E-state index in [1.807, 2.05) is 31.2 Å². The minimum absolute atomic E-state index is 0.263. The van der Waals surface area contributed by atoms with Gasteiger partial charge in [-0.15, -0.1) is 11.3 Å². The summed E-state index contributed by atoms with van der Waals surface area (Å²) in [6, 6.07) is 12.5. The quantitative estimate of drug-likeness (QED) is 0.378. The van der Waals surface area contributed by atoms with Crippen molar-refractivity contribution in [2.24, 2.45) is 0 Å². The smallest absolute Gasteiger partial charge is 0.263 e. The summed E-state index contributed by atoms with van der Waals surface area (Å²) in [5.74, 6) is -0.771. The van der Waals surface area contributed by atoms with Gasteiger partial charge in [0.2, 0.25) is 5.91 Å². The summed E-state index contributed by atoms with van der Waals surface area (Å²) in [5.41, 5.74) is 2.00. The van der Waals surface area contributed by atoms with Crippen LogP contribution in [0.2, 0.25) is 0 Å². The maximum absolute atomic E-state index is 13.5. The number of nitrogens with one attached hydrogen (secondary N) is 1. The Morgan fingerprint density at radius 1 is 1.19 bits per heavy atom. The molecule has 1 N–H and O–H groups in total. The molecule has 2 heterocycles. The highest BCUT2D eigenvalue weighted by Gasteiger charge is 2.22. The molecule has 2 aromatic carbocycles. The molecule has 31 heavy (non-hydrogen) atoms. The largest absolute Gasteiger partial charge is 0.324 e. The summed E-state index contributed by atoms with van der Waals surface area (Å²) >= 11 is 4.94. The van der Waals surface area contributed by atoms with E-state index in [-0.39, 0.29) is 17.3 Å². The molecule has 2 aromatic heterocycles. The molecule has 0 bridgehead atoms. The van der Waals surface area contributed by atoms with E-state index < -0.39 is 6.04 Å². The lowest BCUT2D eigenvalue weighted by molar-refractivity contribution is -0.118. The van der Waals surface area contributed by atoms with Gasteiger partial charge < -0.3 is 5.32 Å². The Hall–Kier alpha value is -2.84. The molecule has 0 aliphatic rings. The lowest BCUT2D eigenvalue weighted by Gasteiger charge is -2.15. The highest BCUT2D eigenvalue weighted by Crippen LogP contribution is 2.37. The zero-order chi connectivity index (χ0) is 22.1. The Balaban J connectivity index is 1.77. The van der Waals surface area contributed by atoms with Crippen molar-refractivity contribution < 1.29 is 9.18 Å². The van der Waals surface area contributed by atoms with Crippen LogP contribution in [0, 0.1) is 5.82 Å². The molecule has 4 aromatic rings. The van der Waals surface area contributed by atoms with Crippen molar-refractivity contribution in [1.82, 2.24) is 9.55 Å². The third kappa shape index (κ3) is 4.18. The highest BCUT2D eigenvalue weighted by atomic mass is 79.9. The number of benzene rings is 2. The average Bonchev–Trinajstić information content (AvgIpc) is 3.15. The summed E-state index contributed by atoms with van der Waals surface area (Å²) in [6.45, 7) is 3.69. The maximum Gasteiger partial charge on any atom is 0.263 e. The summed E-state index contributed by atoms with van der Waals surface area (Å²) < 4.78 is 15.4. The van der Waals surface area contributed by atoms with Gasteiger partial charge in [0.25, 0.3) is 5.56 Å². The van der Waals surface area contributed by atoms with Crippen LogP contribution in [0.4, 0.5) is 10.1 Å². The summed E-state index contributed by atoms with van der Waals surface area (Å²) in [6.07, 6.45) is 2.19. The number of thiophene rings is 1. The summed E-state index contributed by atoms with van der Waals surface area (Å²) in [7, 11) is 0. The van der Waals surface area contributed by atoms with Crippen molar-refractivity contribution in [1.29, 1.82) is 0 Å². The second kappa shape index (κ2) is 8.72. The number of hydrogen-bond acceptors (Lipinski definition) is 4. The first-order valence-electron chi connectivity index (χ1n) is 9.74. The molecule has 0 fully saturated rings. The second-order valence-electron chi connectivity index (χ2n) is 7.07. The number of hydrogen-bond donors (Lipinski definition) is 1. The molecule has 5 nitrogen and oxygen atoms in total.